The number of nitrogens with one attached hydrogen (secondary N) is 1. The Kier molecular flexibility index (Phi) is 4.29. The van der Waals surface area contributed by atoms with Crippen LogP contribution in [0.5, 0.6) is 5.75 Å². The van der Waals surface area contributed by atoms with Crippen LogP contribution < -0.4 is 9.64 Å². The van der Waals surface area contributed by atoms with Crippen molar-refractivity contribution in [2.75, 3.05) is 38.2 Å². The molecule has 3 heterocycles. The fourth-order valence-corrected chi connectivity index (χ4v) is 3.79. The third kappa shape index (κ3) is 3.06. The summed E-state index contributed by atoms with van der Waals surface area (Å²) in [5.74, 6) is 1.87. The first kappa shape index (κ1) is 15.9. The lowest BCUT2D eigenvalue weighted by Gasteiger charge is -2.37. The van der Waals surface area contributed by atoms with Gasteiger partial charge in [-0.25, -0.2) is 4.98 Å². The van der Waals surface area contributed by atoms with E-state index in [4.69, 9.17) is 4.74 Å². The Balaban J connectivity index is 1.41. The number of H-pyrrole nitrogens is 1. The van der Waals surface area contributed by atoms with Crippen LogP contribution in [0, 0.1) is 0 Å². The number of ether oxygens (including phenoxy) is 1. The zero-order chi connectivity index (χ0) is 17.2. The number of aromatic amines is 1. The standard InChI is InChI=1S/C18H23N5O2/c1-25-14-5-6-19-16(11-14)22-7-9-23(10-8-22)18(24)15-4-2-3-13-12-20-21-17(13)15/h5-6,11-12,15H,2-4,7-10H2,1H3,(H,20,21). The number of aryl methyl sites for hydroxylation is 1. The van der Waals surface area contributed by atoms with E-state index >= 15 is 0 Å². The van der Waals surface area contributed by atoms with Crippen molar-refractivity contribution in [1.29, 1.82) is 0 Å². The normalized spacial score (nSPS) is 20.3. The van der Waals surface area contributed by atoms with Gasteiger partial charge in [0.05, 0.1) is 24.9 Å². The third-order valence-electron chi connectivity index (χ3n) is 5.20. The molecule has 1 aliphatic heterocycles. The Hall–Kier alpha value is -2.57. The summed E-state index contributed by atoms with van der Waals surface area (Å²) in [4.78, 5) is 21.6. The molecule has 0 spiro atoms. The molecule has 2 aromatic heterocycles. The number of carbonyl (C=O) groups excluding carboxylic acids is 1. The highest BCUT2D eigenvalue weighted by Gasteiger charge is 2.33. The van der Waals surface area contributed by atoms with Crippen molar-refractivity contribution < 1.29 is 9.53 Å². The summed E-state index contributed by atoms with van der Waals surface area (Å²) in [5, 5.41) is 7.17. The molecule has 1 amide bonds. The second-order valence-electron chi connectivity index (χ2n) is 6.62. The SMILES string of the molecule is COc1ccnc(N2CCN(C(=O)C3CCCc4cn[nH]c43)CC2)c1. The lowest BCUT2D eigenvalue weighted by Crippen LogP contribution is -2.50. The van der Waals surface area contributed by atoms with E-state index in [1.165, 1.54) is 5.56 Å². The van der Waals surface area contributed by atoms with Crippen molar-refractivity contribution in [2.45, 2.75) is 25.2 Å². The fourth-order valence-electron chi connectivity index (χ4n) is 3.79. The molecule has 1 saturated heterocycles. The van der Waals surface area contributed by atoms with Crippen molar-refractivity contribution in [2.24, 2.45) is 0 Å². The summed E-state index contributed by atoms with van der Waals surface area (Å²) >= 11 is 0. The highest BCUT2D eigenvalue weighted by molar-refractivity contribution is 5.84. The molecule has 1 fully saturated rings. The van der Waals surface area contributed by atoms with Crippen molar-refractivity contribution in [3.05, 3.63) is 35.8 Å². The maximum Gasteiger partial charge on any atom is 0.231 e. The van der Waals surface area contributed by atoms with E-state index in [2.05, 4.69) is 20.1 Å². The number of anilines is 1. The first-order chi connectivity index (χ1) is 12.3. The second kappa shape index (κ2) is 6.74. The largest absolute Gasteiger partial charge is 0.497 e. The molecule has 0 saturated carbocycles. The van der Waals surface area contributed by atoms with Crippen LogP contribution in [0.4, 0.5) is 5.82 Å². The molecule has 1 aliphatic carbocycles. The monoisotopic (exact) mass is 341 g/mol. The lowest BCUT2D eigenvalue weighted by atomic mass is 9.87. The summed E-state index contributed by atoms with van der Waals surface area (Å²) in [6.45, 7) is 3.01. The fraction of sp³-hybridized carbons (Fsp3) is 0.500. The lowest BCUT2D eigenvalue weighted by molar-refractivity contribution is -0.133. The third-order valence-corrected chi connectivity index (χ3v) is 5.20. The smallest absolute Gasteiger partial charge is 0.231 e. The van der Waals surface area contributed by atoms with Crippen molar-refractivity contribution in [1.82, 2.24) is 20.1 Å². The van der Waals surface area contributed by atoms with Gasteiger partial charge in [0.25, 0.3) is 0 Å². The van der Waals surface area contributed by atoms with E-state index in [0.29, 0.717) is 0 Å². The molecule has 0 bridgehead atoms. The molecule has 4 rings (SSSR count). The van der Waals surface area contributed by atoms with Crippen LogP contribution in [0.25, 0.3) is 0 Å². The maximum absolute atomic E-state index is 13.0. The summed E-state index contributed by atoms with van der Waals surface area (Å²) < 4.78 is 5.27. The van der Waals surface area contributed by atoms with Crippen LogP contribution in [0.1, 0.15) is 30.0 Å². The summed E-state index contributed by atoms with van der Waals surface area (Å²) in [6.07, 6.45) is 6.60. The van der Waals surface area contributed by atoms with E-state index in [1.54, 1.807) is 13.3 Å². The number of hydrogen-bond acceptors (Lipinski definition) is 5. The Bertz CT molecular complexity index is 751. The predicted molar refractivity (Wildman–Crippen MR) is 93.8 cm³/mol. The van der Waals surface area contributed by atoms with E-state index in [-0.39, 0.29) is 11.8 Å². The van der Waals surface area contributed by atoms with Gasteiger partial charge in [-0.2, -0.15) is 5.10 Å². The zero-order valence-corrected chi connectivity index (χ0v) is 14.4. The van der Waals surface area contributed by atoms with Gasteiger partial charge < -0.3 is 14.5 Å². The van der Waals surface area contributed by atoms with E-state index < -0.39 is 0 Å². The number of rotatable bonds is 3. The molecular formula is C18H23N5O2. The Morgan fingerprint density at radius 1 is 1.32 bits per heavy atom. The molecular weight excluding hydrogens is 318 g/mol. The van der Waals surface area contributed by atoms with E-state index in [9.17, 15) is 4.79 Å². The molecule has 1 unspecified atom stereocenters. The number of pyridine rings is 1. The van der Waals surface area contributed by atoms with Gasteiger partial charge in [0.15, 0.2) is 0 Å². The number of nitrogens with zero attached hydrogens (tertiary/aromatic N) is 4. The molecule has 2 aromatic rings. The molecule has 1 N–H and O–H groups in total. The average molecular weight is 341 g/mol. The number of fused-ring (bicyclic) bond motifs is 1. The van der Waals surface area contributed by atoms with Gasteiger partial charge in [0.2, 0.25) is 5.91 Å². The number of methoxy groups -OCH3 is 1. The number of carbonyl (C=O) groups is 1. The molecule has 1 atom stereocenters. The minimum absolute atomic E-state index is 0.0623. The number of piperazine rings is 1. The summed E-state index contributed by atoms with van der Waals surface area (Å²) in [6, 6.07) is 3.78. The van der Waals surface area contributed by atoms with Crippen LogP contribution in [-0.2, 0) is 11.2 Å². The van der Waals surface area contributed by atoms with Crippen LogP contribution in [0.3, 0.4) is 0 Å². The second-order valence-corrected chi connectivity index (χ2v) is 6.62. The predicted octanol–water partition coefficient (Wildman–Crippen LogP) is 1.58. The van der Waals surface area contributed by atoms with Crippen LogP contribution >= 0.6 is 0 Å². The van der Waals surface area contributed by atoms with Gasteiger partial charge in [0.1, 0.15) is 11.6 Å². The van der Waals surface area contributed by atoms with Crippen molar-refractivity contribution in [3.63, 3.8) is 0 Å². The first-order valence-electron chi connectivity index (χ1n) is 8.82. The topological polar surface area (TPSA) is 74.3 Å². The number of aromatic nitrogens is 3. The van der Waals surface area contributed by atoms with Gasteiger partial charge >= 0.3 is 0 Å². The van der Waals surface area contributed by atoms with Crippen LogP contribution in [0.15, 0.2) is 24.5 Å². The number of amides is 1. The van der Waals surface area contributed by atoms with Crippen LogP contribution in [0.2, 0.25) is 0 Å². The quantitative estimate of drug-likeness (QED) is 0.917. The molecule has 7 heteroatoms. The molecule has 0 radical (unpaired) electrons. The van der Waals surface area contributed by atoms with Gasteiger partial charge in [-0.05, 0) is 30.9 Å². The van der Waals surface area contributed by atoms with Gasteiger partial charge in [0, 0.05) is 38.4 Å². The average Bonchev–Trinajstić information content (AvgIpc) is 3.16. The van der Waals surface area contributed by atoms with Gasteiger partial charge in [-0.15, -0.1) is 0 Å². The summed E-state index contributed by atoms with van der Waals surface area (Å²) in [5.41, 5.74) is 2.22. The minimum atomic E-state index is -0.0623. The maximum atomic E-state index is 13.0. The Labute approximate surface area is 147 Å². The first-order valence-corrected chi connectivity index (χ1v) is 8.82. The molecule has 25 heavy (non-hydrogen) atoms. The highest BCUT2D eigenvalue weighted by atomic mass is 16.5. The molecule has 7 nitrogen and oxygen atoms in total. The van der Waals surface area contributed by atoms with Gasteiger partial charge in [-0.1, -0.05) is 0 Å². The molecule has 132 valence electrons. The summed E-state index contributed by atoms with van der Waals surface area (Å²) in [7, 11) is 1.66. The van der Waals surface area contributed by atoms with Gasteiger partial charge in [-0.3, -0.25) is 9.89 Å². The Morgan fingerprint density at radius 2 is 2.16 bits per heavy atom. The molecule has 2 aliphatic rings. The highest BCUT2D eigenvalue weighted by Crippen LogP contribution is 2.31. The van der Waals surface area contributed by atoms with E-state index in [1.807, 2.05) is 23.2 Å². The molecule has 0 aromatic carbocycles. The van der Waals surface area contributed by atoms with E-state index in [0.717, 1.165) is 62.7 Å². The number of hydrogen-bond donors (Lipinski definition) is 1. The zero-order valence-electron chi connectivity index (χ0n) is 14.4. The van der Waals surface area contributed by atoms with Crippen molar-refractivity contribution in [3.8, 4) is 5.75 Å². The Morgan fingerprint density at radius 3 is 2.96 bits per heavy atom. The van der Waals surface area contributed by atoms with Crippen molar-refractivity contribution >= 4 is 11.7 Å². The van der Waals surface area contributed by atoms with Crippen LogP contribution in [-0.4, -0.2) is 59.3 Å². The minimum Gasteiger partial charge on any atom is -0.497 e.